The molecule has 1 aromatic rings. The predicted octanol–water partition coefficient (Wildman–Crippen LogP) is 3.71. The van der Waals surface area contributed by atoms with Gasteiger partial charge in [0, 0.05) is 36.8 Å². The number of hydrogen-bond acceptors (Lipinski definition) is 2. The van der Waals surface area contributed by atoms with E-state index in [0.29, 0.717) is 13.0 Å². The fourth-order valence-corrected chi connectivity index (χ4v) is 2.69. The van der Waals surface area contributed by atoms with Gasteiger partial charge in [0.15, 0.2) is 0 Å². The number of rotatable bonds is 4. The van der Waals surface area contributed by atoms with Crippen molar-refractivity contribution in [2.75, 3.05) is 25.0 Å². The Morgan fingerprint density at radius 1 is 1.40 bits per heavy atom. The fraction of sp³-hybridized carbons (Fsp3) is 0.562. The van der Waals surface area contributed by atoms with E-state index >= 15 is 0 Å². The second-order valence-electron chi connectivity index (χ2n) is 5.65. The number of nitrogens with zero attached hydrogens (tertiary/aromatic N) is 1. The topological polar surface area (TPSA) is 32.3 Å². The first kappa shape index (κ1) is 15.2. The SMILES string of the molecule is Cc1c(Cl)cccc1NCCC(=O)N1CCC(C)CC1. The zero-order valence-electron chi connectivity index (χ0n) is 12.3. The Labute approximate surface area is 126 Å². The molecule has 1 amide bonds. The van der Waals surface area contributed by atoms with Crippen LogP contribution < -0.4 is 5.32 Å². The van der Waals surface area contributed by atoms with Gasteiger partial charge in [0.2, 0.25) is 5.91 Å². The molecule has 1 aromatic carbocycles. The summed E-state index contributed by atoms with van der Waals surface area (Å²) in [5.74, 6) is 1.01. The highest BCUT2D eigenvalue weighted by atomic mass is 35.5. The van der Waals surface area contributed by atoms with Crippen LogP contribution in [0, 0.1) is 12.8 Å². The highest BCUT2D eigenvalue weighted by molar-refractivity contribution is 6.31. The van der Waals surface area contributed by atoms with E-state index in [-0.39, 0.29) is 5.91 Å². The summed E-state index contributed by atoms with van der Waals surface area (Å²) in [6.45, 7) is 6.72. The molecule has 20 heavy (non-hydrogen) atoms. The Morgan fingerprint density at radius 2 is 2.10 bits per heavy atom. The van der Waals surface area contributed by atoms with Crippen molar-refractivity contribution >= 4 is 23.2 Å². The Kier molecular flexibility index (Phi) is 5.30. The van der Waals surface area contributed by atoms with Crippen LogP contribution in [0.5, 0.6) is 0 Å². The molecule has 0 aliphatic carbocycles. The van der Waals surface area contributed by atoms with E-state index in [4.69, 9.17) is 11.6 Å². The van der Waals surface area contributed by atoms with Crippen molar-refractivity contribution in [3.63, 3.8) is 0 Å². The first-order valence-electron chi connectivity index (χ1n) is 7.34. The molecular weight excluding hydrogens is 272 g/mol. The third-order valence-corrected chi connectivity index (χ3v) is 4.47. The van der Waals surface area contributed by atoms with Crippen molar-refractivity contribution in [1.29, 1.82) is 0 Å². The fourth-order valence-electron chi connectivity index (χ4n) is 2.52. The summed E-state index contributed by atoms with van der Waals surface area (Å²) in [6, 6.07) is 5.79. The third kappa shape index (κ3) is 3.89. The van der Waals surface area contributed by atoms with Crippen LogP contribution in [0.3, 0.4) is 0 Å². The van der Waals surface area contributed by atoms with Crippen LogP contribution in [0.2, 0.25) is 5.02 Å². The molecule has 4 heteroatoms. The maximum Gasteiger partial charge on any atom is 0.224 e. The number of nitrogens with one attached hydrogen (secondary N) is 1. The Bertz CT molecular complexity index is 468. The molecule has 0 saturated carbocycles. The lowest BCUT2D eigenvalue weighted by Gasteiger charge is -2.30. The molecule has 0 radical (unpaired) electrons. The van der Waals surface area contributed by atoms with E-state index < -0.39 is 0 Å². The summed E-state index contributed by atoms with van der Waals surface area (Å²) < 4.78 is 0. The van der Waals surface area contributed by atoms with Gasteiger partial charge in [-0.15, -0.1) is 0 Å². The van der Waals surface area contributed by atoms with Crippen LogP contribution >= 0.6 is 11.6 Å². The average molecular weight is 295 g/mol. The van der Waals surface area contributed by atoms with Crippen LogP contribution in [0.25, 0.3) is 0 Å². The quantitative estimate of drug-likeness (QED) is 0.918. The summed E-state index contributed by atoms with van der Waals surface area (Å²) in [7, 11) is 0. The summed E-state index contributed by atoms with van der Waals surface area (Å²) >= 11 is 6.08. The van der Waals surface area contributed by atoms with Gasteiger partial charge in [-0.25, -0.2) is 0 Å². The standard InChI is InChI=1S/C16H23ClN2O/c1-12-7-10-19(11-8-12)16(20)6-9-18-15-5-3-4-14(17)13(15)2/h3-5,12,18H,6-11H2,1-2H3. The average Bonchev–Trinajstić information content (AvgIpc) is 2.44. The summed E-state index contributed by atoms with van der Waals surface area (Å²) in [6.07, 6.45) is 2.81. The van der Waals surface area contributed by atoms with E-state index in [9.17, 15) is 4.79 Å². The van der Waals surface area contributed by atoms with E-state index in [1.165, 1.54) is 0 Å². The van der Waals surface area contributed by atoms with Crippen molar-refractivity contribution in [1.82, 2.24) is 4.90 Å². The second-order valence-corrected chi connectivity index (χ2v) is 6.06. The van der Waals surface area contributed by atoms with Gasteiger partial charge in [0.05, 0.1) is 0 Å². The van der Waals surface area contributed by atoms with Crippen LogP contribution in [0.15, 0.2) is 18.2 Å². The van der Waals surface area contributed by atoms with Crippen molar-refractivity contribution < 1.29 is 4.79 Å². The van der Waals surface area contributed by atoms with Gasteiger partial charge in [0.1, 0.15) is 0 Å². The van der Waals surface area contributed by atoms with Gasteiger partial charge < -0.3 is 10.2 Å². The molecule has 1 N–H and O–H groups in total. The first-order valence-corrected chi connectivity index (χ1v) is 7.72. The summed E-state index contributed by atoms with van der Waals surface area (Å²) in [4.78, 5) is 14.1. The number of carbonyl (C=O) groups excluding carboxylic acids is 1. The lowest BCUT2D eigenvalue weighted by atomic mass is 9.99. The minimum absolute atomic E-state index is 0.254. The van der Waals surface area contributed by atoms with Crippen LogP contribution in [-0.2, 0) is 4.79 Å². The molecule has 1 fully saturated rings. The maximum absolute atomic E-state index is 12.1. The molecule has 1 aliphatic rings. The smallest absolute Gasteiger partial charge is 0.224 e. The number of hydrogen-bond donors (Lipinski definition) is 1. The zero-order valence-corrected chi connectivity index (χ0v) is 13.0. The number of benzene rings is 1. The molecule has 0 atom stereocenters. The highest BCUT2D eigenvalue weighted by Gasteiger charge is 2.19. The van der Waals surface area contributed by atoms with Crippen LogP contribution in [0.1, 0.15) is 31.7 Å². The molecular formula is C16H23ClN2O. The molecule has 2 rings (SSSR count). The van der Waals surface area contributed by atoms with Crippen molar-refractivity contribution in [3.05, 3.63) is 28.8 Å². The van der Waals surface area contributed by atoms with Gasteiger partial charge in [-0.1, -0.05) is 24.6 Å². The minimum Gasteiger partial charge on any atom is -0.384 e. The van der Waals surface area contributed by atoms with Crippen molar-refractivity contribution in [3.8, 4) is 0 Å². The van der Waals surface area contributed by atoms with E-state index in [0.717, 1.165) is 48.1 Å². The number of halogens is 1. The van der Waals surface area contributed by atoms with Gasteiger partial charge >= 0.3 is 0 Å². The summed E-state index contributed by atoms with van der Waals surface area (Å²) in [5, 5.41) is 4.06. The lowest BCUT2D eigenvalue weighted by Crippen LogP contribution is -2.38. The molecule has 110 valence electrons. The number of piperidine rings is 1. The van der Waals surface area contributed by atoms with Gasteiger partial charge in [0.25, 0.3) is 0 Å². The number of amides is 1. The predicted molar refractivity (Wildman–Crippen MR) is 84.3 cm³/mol. The van der Waals surface area contributed by atoms with Crippen LogP contribution in [0.4, 0.5) is 5.69 Å². The number of carbonyl (C=O) groups is 1. The maximum atomic E-state index is 12.1. The molecule has 0 unspecified atom stereocenters. The third-order valence-electron chi connectivity index (χ3n) is 4.06. The molecule has 1 heterocycles. The molecule has 0 spiro atoms. The zero-order chi connectivity index (χ0) is 14.5. The normalized spacial score (nSPS) is 16.2. The molecule has 0 aromatic heterocycles. The van der Waals surface area contributed by atoms with Gasteiger partial charge in [-0.3, -0.25) is 4.79 Å². The number of likely N-dealkylation sites (tertiary alicyclic amines) is 1. The monoisotopic (exact) mass is 294 g/mol. The van der Waals surface area contributed by atoms with E-state index in [1.54, 1.807) is 0 Å². The minimum atomic E-state index is 0.254. The van der Waals surface area contributed by atoms with E-state index in [1.807, 2.05) is 30.0 Å². The largest absolute Gasteiger partial charge is 0.384 e. The Hall–Kier alpha value is -1.22. The molecule has 1 saturated heterocycles. The Balaban J connectivity index is 1.78. The van der Waals surface area contributed by atoms with Gasteiger partial charge in [-0.05, 0) is 43.4 Å². The van der Waals surface area contributed by atoms with E-state index in [2.05, 4.69) is 12.2 Å². The molecule has 1 aliphatic heterocycles. The van der Waals surface area contributed by atoms with Gasteiger partial charge in [-0.2, -0.15) is 0 Å². The van der Waals surface area contributed by atoms with Crippen LogP contribution in [-0.4, -0.2) is 30.4 Å². The lowest BCUT2D eigenvalue weighted by molar-refractivity contribution is -0.132. The molecule has 0 bridgehead atoms. The molecule has 3 nitrogen and oxygen atoms in total. The summed E-state index contributed by atoms with van der Waals surface area (Å²) in [5.41, 5.74) is 2.05. The van der Waals surface area contributed by atoms with Crippen molar-refractivity contribution in [2.24, 2.45) is 5.92 Å². The highest BCUT2D eigenvalue weighted by Crippen LogP contribution is 2.23. The first-order chi connectivity index (χ1) is 9.58. The second kappa shape index (κ2) is 6.98. The number of anilines is 1. The Morgan fingerprint density at radius 3 is 2.80 bits per heavy atom. The van der Waals surface area contributed by atoms with Crippen molar-refractivity contribution in [2.45, 2.75) is 33.1 Å².